The quantitative estimate of drug-likeness (QED) is 0.496. The van der Waals surface area contributed by atoms with E-state index in [1.807, 2.05) is 0 Å². The molecule has 1 aliphatic rings. The van der Waals surface area contributed by atoms with Crippen LogP contribution in [0.5, 0.6) is 5.75 Å². The van der Waals surface area contributed by atoms with Gasteiger partial charge in [-0.2, -0.15) is 15.0 Å². The van der Waals surface area contributed by atoms with Crippen LogP contribution >= 0.6 is 11.6 Å². The number of hydrogen-bond acceptors (Lipinski definition) is 6. The highest BCUT2D eigenvalue weighted by molar-refractivity contribution is 6.30. The second kappa shape index (κ2) is 11.1. The van der Waals surface area contributed by atoms with E-state index in [-0.39, 0.29) is 29.4 Å². The van der Waals surface area contributed by atoms with Gasteiger partial charge in [0.15, 0.2) is 6.61 Å². The Morgan fingerprint density at radius 1 is 1.30 bits per heavy atom. The smallest absolute Gasteiger partial charge is 0.262 e. The van der Waals surface area contributed by atoms with Crippen LogP contribution < -0.4 is 15.4 Å². The molecule has 0 atom stereocenters. The highest BCUT2D eigenvalue weighted by atomic mass is 35.5. The van der Waals surface area contributed by atoms with Crippen molar-refractivity contribution < 1.29 is 18.7 Å². The molecule has 1 aromatic heterocycles. The summed E-state index contributed by atoms with van der Waals surface area (Å²) in [5.74, 6) is -0.719. The Morgan fingerprint density at radius 3 is 2.80 bits per heavy atom. The van der Waals surface area contributed by atoms with E-state index >= 15 is 0 Å². The van der Waals surface area contributed by atoms with Crippen LogP contribution in [-0.2, 0) is 9.53 Å². The van der Waals surface area contributed by atoms with E-state index in [0.717, 1.165) is 18.9 Å². The van der Waals surface area contributed by atoms with Gasteiger partial charge in [-0.05, 0) is 31.4 Å². The van der Waals surface area contributed by atoms with Crippen LogP contribution in [0.25, 0.3) is 0 Å². The molecular formula is C20H25ClFN5O3. The number of aromatic nitrogens is 3. The zero-order chi connectivity index (χ0) is 21.3. The van der Waals surface area contributed by atoms with Gasteiger partial charge in [-0.3, -0.25) is 4.79 Å². The topological polar surface area (TPSA) is 90.3 Å². The molecule has 1 aliphatic carbocycles. The van der Waals surface area contributed by atoms with Crippen molar-refractivity contribution in [2.45, 2.75) is 31.4 Å². The number of benzene rings is 1. The Bertz CT molecular complexity index is 843. The third-order valence-corrected chi connectivity index (χ3v) is 4.95. The maximum absolute atomic E-state index is 13.3. The number of carbonyl (C=O) groups is 1. The fourth-order valence-electron chi connectivity index (χ4n) is 2.95. The van der Waals surface area contributed by atoms with Gasteiger partial charge in [-0.1, -0.05) is 18.2 Å². The van der Waals surface area contributed by atoms with Gasteiger partial charge in [-0.25, -0.2) is 4.39 Å². The molecular weight excluding hydrogens is 413 g/mol. The number of rotatable bonds is 12. The molecule has 0 unspecified atom stereocenters. The lowest BCUT2D eigenvalue weighted by Gasteiger charge is -2.34. The van der Waals surface area contributed by atoms with Crippen LogP contribution in [0.1, 0.15) is 25.3 Å². The molecule has 1 amide bonds. The van der Waals surface area contributed by atoms with Crippen LogP contribution in [-0.4, -0.2) is 53.3 Å². The third kappa shape index (κ3) is 6.79. The highest BCUT2D eigenvalue weighted by Gasteiger charge is 2.32. The summed E-state index contributed by atoms with van der Waals surface area (Å²) in [6.07, 6.45) is 6.07. The van der Waals surface area contributed by atoms with Gasteiger partial charge in [0.2, 0.25) is 0 Å². The maximum Gasteiger partial charge on any atom is 0.262 e. The Hall–Kier alpha value is -2.49. The third-order valence-electron chi connectivity index (χ3n) is 4.65. The molecule has 0 saturated heterocycles. The van der Waals surface area contributed by atoms with E-state index in [0.29, 0.717) is 37.9 Å². The van der Waals surface area contributed by atoms with Crippen LogP contribution in [0.3, 0.4) is 0 Å². The largest absolute Gasteiger partial charge is 0.484 e. The van der Waals surface area contributed by atoms with Crippen molar-refractivity contribution in [1.29, 1.82) is 0 Å². The van der Waals surface area contributed by atoms with Crippen molar-refractivity contribution in [2.24, 2.45) is 0 Å². The second-order valence-electron chi connectivity index (χ2n) is 6.98. The molecule has 0 bridgehead atoms. The molecule has 1 fully saturated rings. The van der Waals surface area contributed by atoms with Crippen molar-refractivity contribution in [3.05, 3.63) is 53.7 Å². The average Bonchev–Trinajstić information content (AvgIpc) is 3.21. The van der Waals surface area contributed by atoms with E-state index in [9.17, 15) is 9.18 Å². The molecule has 1 heterocycles. The zero-order valence-corrected chi connectivity index (χ0v) is 17.3. The molecule has 0 spiro atoms. The van der Waals surface area contributed by atoms with Gasteiger partial charge in [0, 0.05) is 24.9 Å². The van der Waals surface area contributed by atoms with Crippen LogP contribution in [0.4, 0.5) is 4.39 Å². The van der Waals surface area contributed by atoms with Crippen molar-refractivity contribution in [3.8, 4) is 5.75 Å². The number of nitrogens with zero attached hydrogens (tertiary/aromatic N) is 3. The van der Waals surface area contributed by atoms with E-state index in [1.54, 1.807) is 17.2 Å². The van der Waals surface area contributed by atoms with E-state index in [4.69, 9.17) is 21.1 Å². The van der Waals surface area contributed by atoms with Crippen molar-refractivity contribution >= 4 is 17.5 Å². The van der Waals surface area contributed by atoms with Gasteiger partial charge >= 0.3 is 0 Å². The lowest BCUT2D eigenvalue weighted by molar-refractivity contribution is -0.122. The van der Waals surface area contributed by atoms with Gasteiger partial charge < -0.3 is 20.1 Å². The molecule has 2 N–H and O–H groups in total. The number of carbonyl (C=O) groups excluding carboxylic acids is 1. The molecule has 2 aromatic rings. The Labute approximate surface area is 179 Å². The molecule has 1 saturated carbocycles. The predicted molar refractivity (Wildman–Crippen MR) is 110 cm³/mol. The van der Waals surface area contributed by atoms with E-state index in [1.165, 1.54) is 12.1 Å². The fourth-order valence-corrected chi connectivity index (χ4v) is 3.07. The standard InChI is InChI=1S/C20H25ClFN5O3/c1-14(26-20(28)13-30-16-2-3-18(21)19(22)12-16)4-5-23-8-9-29-17-10-15(11-17)27-24-6-7-25-27/h2-3,6-7,12,15,17,23H,1,4-5,8-11,13H2,(H,26,28)/t15-,17+. The summed E-state index contributed by atoms with van der Waals surface area (Å²) in [6, 6.07) is 4.34. The van der Waals surface area contributed by atoms with Gasteiger partial charge in [0.25, 0.3) is 5.91 Å². The predicted octanol–water partition coefficient (Wildman–Crippen LogP) is 2.48. The normalized spacial score (nSPS) is 17.9. The maximum atomic E-state index is 13.3. The summed E-state index contributed by atoms with van der Waals surface area (Å²) in [5, 5.41) is 14.2. The molecule has 3 rings (SSSR count). The van der Waals surface area contributed by atoms with Crippen LogP contribution in [0, 0.1) is 5.82 Å². The van der Waals surface area contributed by atoms with Gasteiger partial charge in [0.05, 0.1) is 36.2 Å². The van der Waals surface area contributed by atoms with E-state index in [2.05, 4.69) is 27.4 Å². The molecule has 10 heteroatoms. The summed E-state index contributed by atoms with van der Waals surface area (Å²) < 4.78 is 24.4. The average molecular weight is 438 g/mol. The molecule has 0 aliphatic heterocycles. The summed E-state index contributed by atoms with van der Waals surface area (Å²) in [7, 11) is 0. The Kier molecular flexibility index (Phi) is 8.18. The van der Waals surface area contributed by atoms with Gasteiger partial charge in [0.1, 0.15) is 11.6 Å². The molecule has 8 nitrogen and oxygen atoms in total. The van der Waals surface area contributed by atoms with Crippen molar-refractivity contribution in [1.82, 2.24) is 25.6 Å². The first-order valence-corrected chi connectivity index (χ1v) is 10.1. The molecule has 1 aromatic carbocycles. The first-order chi connectivity index (χ1) is 14.5. The van der Waals surface area contributed by atoms with Crippen LogP contribution in [0.2, 0.25) is 5.02 Å². The number of halogens is 2. The Morgan fingerprint density at radius 2 is 2.07 bits per heavy atom. The van der Waals surface area contributed by atoms with Crippen molar-refractivity contribution in [2.75, 3.05) is 26.3 Å². The molecule has 30 heavy (non-hydrogen) atoms. The minimum Gasteiger partial charge on any atom is -0.484 e. The first kappa shape index (κ1) is 22.2. The zero-order valence-electron chi connectivity index (χ0n) is 16.5. The molecule has 162 valence electrons. The minimum absolute atomic E-state index is 0.00138. The number of amides is 1. The summed E-state index contributed by atoms with van der Waals surface area (Å²) >= 11 is 5.60. The number of ether oxygens (including phenoxy) is 2. The molecule has 0 radical (unpaired) electrons. The summed E-state index contributed by atoms with van der Waals surface area (Å²) in [5.41, 5.74) is 0.577. The second-order valence-corrected chi connectivity index (χ2v) is 7.39. The monoisotopic (exact) mass is 437 g/mol. The minimum atomic E-state index is -0.596. The lowest BCUT2D eigenvalue weighted by Crippen LogP contribution is -2.36. The first-order valence-electron chi connectivity index (χ1n) is 9.75. The highest BCUT2D eigenvalue weighted by Crippen LogP contribution is 2.32. The summed E-state index contributed by atoms with van der Waals surface area (Å²) in [6.45, 7) is 5.59. The number of nitrogens with one attached hydrogen (secondary N) is 2. The van der Waals surface area contributed by atoms with Crippen LogP contribution in [0.15, 0.2) is 42.9 Å². The van der Waals surface area contributed by atoms with Crippen molar-refractivity contribution in [3.63, 3.8) is 0 Å². The SMILES string of the molecule is C=C(CCNCCO[C@H]1C[C@@H](n2nccn2)C1)NC(=O)COc1ccc(Cl)c(F)c1. The number of hydrogen-bond donors (Lipinski definition) is 2. The lowest BCUT2D eigenvalue weighted by atomic mass is 9.90. The van der Waals surface area contributed by atoms with Gasteiger partial charge in [-0.15, -0.1) is 0 Å². The Balaban J connectivity index is 1.18. The summed E-state index contributed by atoms with van der Waals surface area (Å²) in [4.78, 5) is 13.6. The fraction of sp³-hybridized carbons (Fsp3) is 0.450. The van der Waals surface area contributed by atoms with E-state index < -0.39 is 5.82 Å².